The molecule has 0 spiro atoms. The molecule has 2 heteroatoms. The molecule has 0 bridgehead atoms. The van der Waals surface area contributed by atoms with Crippen molar-refractivity contribution >= 4 is 5.78 Å². The Morgan fingerprint density at radius 3 is 2.50 bits per heavy atom. The summed E-state index contributed by atoms with van der Waals surface area (Å²) >= 11 is 0. The first kappa shape index (κ1) is 12.4. The molecule has 0 amide bonds. The summed E-state index contributed by atoms with van der Waals surface area (Å²) in [5.41, 5.74) is 0.729. The van der Waals surface area contributed by atoms with Crippen LogP contribution < -0.4 is 0 Å². The van der Waals surface area contributed by atoms with Crippen LogP contribution in [0.15, 0.2) is 24.5 Å². The van der Waals surface area contributed by atoms with Crippen molar-refractivity contribution in [3.63, 3.8) is 0 Å². The molecule has 0 radical (unpaired) electrons. The van der Waals surface area contributed by atoms with Crippen LogP contribution in [0.2, 0.25) is 0 Å². The van der Waals surface area contributed by atoms with Gasteiger partial charge in [0.1, 0.15) is 0 Å². The van der Waals surface area contributed by atoms with E-state index in [1.807, 2.05) is 0 Å². The zero-order valence-corrected chi connectivity index (χ0v) is 10.1. The van der Waals surface area contributed by atoms with E-state index in [0.29, 0.717) is 18.4 Å². The van der Waals surface area contributed by atoms with Crippen molar-refractivity contribution < 1.29 is 4.79 Å². The molecule has 0 atom stereocenters. The SMILES string of the molecule is CC(C)(C)C#CCCC(=O)c1ccncc1. The van der Waals surface area contributed by atoms with Crippen LogP contribution in [0.25, 0.3) is 0 Å². The van der Waals surface area contributed by atoms with Crippen molar-refractivity contribution in [2.24, 2.45) is 5.41 Å². The van der Waals surface area contributed by atoms with E-state index < -0.39 is 0 Å². The maximum Gasteiger partial charge on any atom is 0.163 e. The number of carbonyl (C=O) groups is 1. The molecule has 0 N–H and O–H groups in total. The molecule has 0 aromatic carbocycles. The van der Waals surface area contributed by atoms with Crippen molar-refractivity contribution in [1.82, 2.24) is 4.98 Å². The zero-order valence-electron chi connectivity index (χ0n) is 10.1. The second-order valence-electron chi connectivity index (χ2n) is 4.71. The van der Waals surface area contributed by atoms with Gasteiger partial charge in [0.05, 0.1) is 0 Å². The van der Waals surface area contributed by atoms with E-state index >= 15 is 0 Å². The first-order valence-corrected chi connectivity index (χ1v) is 5.42. The van der Waals surface area contributed by atoms with E-state index in [9.17, 15) is 4.79 Å². The van der Waals surface area contributed by atoms with Crippen molar-refractivity contribution in [3.8, 4) is 11.8 Å². The van der Waals surface area contributed by atoms with E-state index in [0.717, 1.165) is 0 Å². The lowest BCUT2D eigenvalue weighted by Gasteiger charge is -2.06. The molecule has 0 saturated heterocycles. The Morgan fingerprint density at radius 2 is 1.94 bits per heavy atom. The van der Waals surface area contributed by atoms with Crippen molar-refractivity contribution in [1.29, 1.82) is 0 Å². The minimum absolute atomic E-state index is 0.0136. The summed E-state index contributed by atoms with van der Waals surface area (Å²) in [6.45, 7) is 6.18. The van der Waals surface area contributed by atoms with Gasteiger partial charge in [-0.05, 0) is 32.9 Å². The van der Waals surface area contributed by atoms with Gasteiger partial charge in [-0.15, -0.1) is 5.92 Å². The van der Waals surface area contributed by atoms with E-state index in [4.69, 9.17) is 0 Å². The average molecular weight is 215 g/mol. The third-order valence-electron chi connectivity index (χ3n) is 1.94. The predicted octanol–water partition coefficient (Wildman–Crippen LogP) is 3.09. The van der Waals surface area contributed by atoms with E-state index in [-0.39, 0.29) is 11.2 Å². The molecular formula is C14H17NO. The molecular weight excluding hydrogens is 198 g/mol. The minimum Gasteiger partial charge on any atom is -0.294 e. The standard InChI is InChI=1S/C14H17NO/c1-14(2,3)9-5-4-6-13(16)12-7-10-15-11-8-12/h7-8,10-11H,4,6H2,1-3H3. The second-order valence-corrected chi connectivity index (χ2v) is 4.71. The highest BCUT2D eigenvalue weighted by Gasteiger charge is 2.05. The Labute approximate surface area is 97.1 Å². The maximum absolute atomic E-state index is 11.7. The molecule has 84 valence electrons. The van der Waals surface area contributed by atoms with Crippen LogP contribution in [0.1, 0.15) is 44.0 Å². The van der Waals surface area contributed by atoms with Gasteiger partial charge >= 0.3 is 0 Å². The van der Waals surface area contributed by atoms with Crippen LogP contribution in [0.3, 0.4) is 0 Å². The molecule has 0 unspecified atom stereocenters. The number of rotatable bonds is 3. The maximum atomic E-state index is 11.7. The highest BCUT2D eigenvalue weighted by atomic mass is 16.1. The molecule has 1 aromatic rings. The number of pyridine rings is 1. The first-order valence-electron chi connectivity index (χ1n) is 5.42. The van der Waals surface area contributed by atoms with Crippen LogP contribution in [0.4, 0.5) is 0 Å². The summed E-state index contributed by atoms with van der Waals surface area (Å²) in [4.78, 5) is 15.5. The average Bonchev–Trinajstić information content (AvgIpc) is 2.24. The number of nitrogens with zero attached hydrogens (tertiary/aromatic N) is 1. The molecule has 1 aromatic heterocycles. The lowest BCUT2D eigenvalue weighted by molar-refractivity contribution is 0.0984. The lowest BCUT2D eigenvalue weighted by Crippen LogP contribution is -2.00. The zero-order chi connectivity index (χ0) is 12.0. The van der Waals surface area contributed by atoms with Crippen LogP contribution in [-0.4, -0.2) is 10.8 Å². The van der Waals surface area contributed by atoms with Gasteiger partial charge in [0.15, 0.2) is 5.78 Å². The first-order chi connectivity index (χ1) is 7.49. The third kappa shape index (κ3) is 4.75. The van der Waals surface area contributed by atoms with Gasteiger partial charge in [-0.25, -0.2) is 0 Å². The number of Topliss-reactive ketones (excluding diaryl/α,β-unsaturated/α-hetero) is 1. The van der Waals surface area contributed by atoms with Gasteiger partial charge in [-0.1, -0.05) is 5.92 Å². The number of hydrogen-bond acceptors (Lipinski definition) is 2. The molecule has 1 heterocycles. The van der Waals surface area contributed by atoms with Gasteiger partial charge in [-0.2, -0.15) is 0 Å². The summed E-state index contributed by atoms with van der Waals surface area (Å²) in [5, 5.41) is 0. The van der Waals surface area contributed by atoms with Crippen LogP contribution >= 0.6 is 0 Å². The predicted molar refractivity (Wildman–Crippen MR) is 65.0 cm³/mol. The van der Waals surface area contributed by atoms with Crippen molar-refractivity contribution in [2.45, 2.75) is 33.6 Å². The molecule has 16 heavy (non-hydrogen) atoms. The molecule has 2 nitrogen and oxygen atoms in total. The Balaban J connectivity index is 2.45. The van der Waals surface area contributed by atoms with Crippen LogP contribution in [0.5, 0.6) is 0 Å². The van der Waals surface area contributed by atoms with Crippen molar-refractivity contribution in [2.75, 3.05) is 0 Å². The Kier molecular flexibility index (Phi) is 4.25. The topological polar surface area (TPSA) is 30.0 Å². The Hall–Kier alpha value is -1.62. The number of carbonyl (C=O) groups excluding carboxylic acids is 1. The highest BCUT2D eigenvalue weighted by Crippen LogP contribution is 2.10. The fourth-order valence-corrected chi connectivity index (χ4v) is 1.19. The van der Waals surface area contributed by atoms with E-state index in [1.54, 1.807) is 24.5 Å². The fraction of sp³-hybridized carbons (Fsp3) is 0.429. The molecule has 0 aliphatic carbocycles. The number of aromatic nitrogens is 1. The lowest BCUT2D eigenvalue weighted by atomic mass is 9.97. The normalized spacial score (nSPS) is 10.4. The molecule has 0 aliphatic rings. The number of ketones is 1. The van der Waals surface area contributed by atoms with Gasteiger partial charge < -0.3 is 0 Å². The molecule has 0 aliphatic heterocycles. The minimum atomic E-state index is 0.0136. The van der Waals surface area contributed by atoms with E-state index in [2.05, 4.69) is 37.6 Å². The van der Waals surface area contributed by atoms with Gasteiger partial charge in [0.2, 0.25) is 0 Å². The summed E-state index contributed by atoms with van der Waals surface area (Å²) in [6, 6.07) is 3.47. The quantitative estimate of drug-likeness (QED) is 0.573. The van der Waals surface area contributed by atoms with Crippen LogP contribution in [0, 0.1) is 17.3 Å². The smallest absolute Gasteiger partial charge is 0.163 e. The second kappa shape index (κ2) is 5.46. The summed E-state index contributed by atoms with van der Waals surface area (Å²) < 4.78 is 0. The highest BCUT2D eigenvalue weighted by molar-refractivity contribution is 5.95. The summed E-state index contributed by atoms with van der Waals surface area (Å²) in [7, 11) is 0. The molecule has 1 rings (SSSR count). The monoisotopic (exact) mass is 215 g/mol. The third-order valence-corrected chi connectivity index (χ3v) is 1.94. The van der Waals surface area contributed by atoms with E-state index in [1.165, 1.54) is 0 Å². The van der Waals surface area contributed by atoms with Crippen molar-refractivity contribution in [3.05, 3.63) is 30.1 Å². The largest absolute Gasteiger partial charge is 0.294 e. The van der Waals surface area contributed by atoms with Gasteiger partial charge in [0.25, 0.3) is 0 Å². The molecule has 0 saturated carbocycles. The summed E-state index contributed by atoms with van der Waals surface area (Å²) in [5.74, 6) is 6.28. The fourth-order valence-electron chi connectivity index (χ4n) is 1.19. The van der Waals surface area contributed by atoms with Gasteiger partial charge in [-0.3, -0.25) is 9.78 Å². The summed E-state index contributed by atoms with van der Waals surface area (Å²) in [6.07, 6.45) is 4.37. The van der Waals surface area contributed by atoms with Gasteiger partial charge in [0, 0.05) is 36.2 Å². The number of hydrogen-bond donors (Lipinski definition) is 0. The Bertz CT molecular complexity index is 404. The van der Waals surface area contributed by atoms with Crippen LogP contribution in [-0.2, 0) is 0 Å². The molecule has 0 fully saturated rings. The Morgan fingerprint density at radius 1 is 1.31 bits per heavy atom.